The predicted octanol–water partition coefficient (Wildman–Crippen LogP) is 5.98. The molecule has 0 saturated carbocycles. The zero-order valence-corrected chi connectivity index (χ0v) is 19.9. The summed E-state index contributed by atoms with van der Waals surface area (Å²) >= 11 is 2.94. The summed E-state index contributed by atoms with van der Waals surface area (Å²) in [4.78, 5) is 29.8. The van der Waals surface area contributed by atoms with Gasteiger partial charge in [0.2, 0.25) is 5.78 Å². The first kappa shape index (κ1) is 22.9. The van der Waals surface area contributed by atoms with Crippen LogP contribution in [-0.2, 0) is 9.53 Å². The van der Waals surface area contributed by atoms with Gasteiger partial charge in [-0.1, -0.05) is 48.9 Å². The number of methoxy groups -OCH3 is 1. The lowest BCUT2D eigenvalue weighted by atomic mass is 10.1. The molecule has 4 aromatic rings. The van der Waals surface area contributed by atoms with Gasteiger partial charge < -0.3 is 15.8 Å². The lowest BCUT2D eigenvalue weighted by molar-refractivity contribution is -0.140. The number of fused-ring (bicyclic) bond motifs is 1. The highest BCUT2D eigenvalue weighted by Gasteiger charge is 2.25. The van der Waals surface area contributed by atoms with Gasteiger partial charge in [0.1, 0.15) is 14.9 Å². The first-order valence-corrected chi connectivity index (χ1v) is 12.4. The van der Waals surface area contributed by atoms with Gasteiger partial charge in [0, 0.05) is 18.5 Å². The van der Waals surface area contributed by atoms with Gasteiger partial charge in [-0.3, -0.25) is 9.59 Å². The fourth-order valence-electron chi connectivity index (χ4n) is 3.52. The number of hydrogen-bond acceptors (Lipinski definition) is 8. The molecule has 0 aliphatic rings. The monoisotopic (exact) mass is 479 g/mol. The fraction of sp³-hybridized carbons (Fsp3) is 0.240. The number of benzene rings is 2. The number of carbonyl (C=O) groups is 2. The molecule has 0 bridgehead atoms. The van der Waals surface area contributed by atoms with E-state index in [-0.39, 0.29) is 11.8 Å². The van der Waals surface area contributed by atoms with Crippen LogP contribution in [0.15, 0.2) is 54.6 Å². The van der Waals surface area contributed by atoms with Crippen LogP contribution in [0, 0.1) is 0 Å². The maximum atomic E-state index is 13.2. The van der Waals surface area contributed by atoms with E-state index in [2.05, 4.69) is 10.1 Å². The molecule has 3 N–H and O–H groups in total. The molecule has 6 nitrogen and oxygen atoms in total. The van der Waals surface area contributed by atoms with Crippen LogP contribution < -0.4 is 11.1 Å². The number of esters is 1. The Hall–Kier alpha value is -3.23. The van der Waals surface area contributed by atoms with Crippen LogP contribution >= 0.6 is 22.7 Å². The quantitative estimate of drug-likeness (QED) is 0.165. The summed E-state index contributed by atoms with van der Waals surface area (Å²) in [7, 11) is 1.41. The molecule has 0 atom stereocenters. The van der Waals surface area contributed by atoms with Crippen LogP contribution in [0.5, 0.6) is 0 Å². The van der Waals surface area contributed by atoms with Crippen molar-refractivity contribution < 1.29 is 14.3 Å². The lowest BCUT2D eigenvalue weighted by Gasteiger charge is -2.06. The van der Waals surface area contributed by atoms with Gasteiger partial charge in [-0.25, -0.2) is 4.98 Å². The summed E-state index contributed by atoms with van der Waals surface area (Å²) in [5, 5.41) is 5.11. The van der Waals surface area contributed by atoms with Gasteiger partial charge in [0.05, 0.1) is 28.6 Å². The molecule has 4 rings (SSSR count). The third-order valence-electron chi connectivity index (χ3n) is 5.27. The molecule has 0 saturated heterocycles. The number of para-hydroxylation sites is 1. The number of ether oxygens (including phenoxy) is 1. The van der Waals surface area contributed by atoms with Crippen LogP contribution in [0.25, 0.3) is 20.8 Å². The van der Waals surface area contributed by atoms with Gasteiger partial charge in [-0.2, -0.15) is 0 Å². The summed E-state index contributed by atoms with van der Waals surface area (Å²) in [6, 6.07) is 17.1. The van der Waals surface area contributed by atoms with Crippen molar-refractivity contribution in [3.05, 3.63) is 65.0 Å². The van der Waals surface area contributed by atoms with Crippen molar-refractivity contribution in [2.75, 3.05) is 24.7 Å². The van der Waals surface area contributed by atoms with Gasteiger partial charge in [0.25, 0.3) is 0 Å². The van der Waals surface area contributed by atoms with Crippen LogP contribution in [0.4, 0.5) is 10.7 Å². The van der Waals surface area contributed by atoms with Crippen molar-refractivity contribution in [1.29, 1.82) is 0 Å². The molecule has 0 spiro atoms. The van der Waals surface area contributed by atoms with Crippen molar-refractivity contribution in [3.8, 4) is 10.6 Å². The number of ketones is 1. The number of nitrogens with two attached hydrogens (primary N) is 1. The molecule has 0 amide bonds. The number of nitrogens with one attached hydrogen (secondary N) is 1. The SMILES string of the molecule is COC(=O)CCCCCNc1sc(C(=O)c2ccccc2)c(N)c1-c1nc2ccccc2s1. The molecule has 8 heteroatoms. The maximum absolute atomic E-state index is 13.2. The first-order chi connectivity index (χ1) is 16.1. The van der Waals surface area contributed by atoms with Gasteiger partial charge in [-0.05, 0) is 25.0 Å². The molecule has 33 heavy (non-hydrogen) atoms. The van der Waals surface area contributed by atoms with Crippen molar-refractivity contribution in [2.24, 2.45) is 0 Å². The Balaban J connectivity index is 1.59. The smallest absolute Gasteiger partial charge is 0.305 e. The zero-order valence-electron chi connectivity index (χ0n) is 18.3. The Labute approximate surface area is 200 Å². The molecule has 0 aliphatic heterocycles. The average Bonchev–Trinajstić information content (AvgIpc) is 3.41. The van der Waals surface area contributed by atoms with E-state index in [1.807, 2.05) is 42.5 Å². The van der Waals surface area contributed by atoms with Gasteiger partial charge >= 0.3 is 5.97 Å². The molecule has 2 aromatic carbocycles. The Morgan fingerprint density at radius 1 is 1.00 bits per heavy atom. The van der Waals surface area contributed by atoms with E-state index >= 15 is 0 Å². The standard InChI is InChI=1S/C25H25N3O3S2/c1-31-19(29)14-6-3-9-15-27-24-20(25-28-17-12-7-8-13-18(17)32-25)21(26)23(33-24)22(30)16-10-4-2-5-11-16/h2,4-5,7-8,10-13,27H,3,6,9,14-15,26H2,1H3. The Morgan fingerprint density at radius 3 is 2.52 bits per heavy atom. The van der Waals surface area contributed by atoms with E-state index in [9.17, 15) is 9.59 Å². The van der Waals surface area contributed by atoms with Gasteiger partial charge in [0.15, 0.2) is 0 Å². The highest BCUT2D eigenvalue weighted by molar-refractivity contribution is 7.23. The number of nitrogens with zero attached hydrogens (tertiary/aromatic N) is 1. The normalized spacial score (nSPS) is 10.9. The molecular formula is C25H25N3O3S2. The van der Waals surface area contributed by atoms with Crippen molar-refractivity contribution in [2.45, 2.75) is 25.7 Å². The van der Waals surface area contributed by atoms with Crippen LogP contribution in [0.3, 0.4) is 0 Å². The van der Waals surface area contributed by atoms with Crippen LogP contribution in [-0.4, -0.2) is 30.4 Å². The maximum Gasteiger partial charge on any atom is 0.305 e. The highest BCUT2D eigenvalue weighted by Crippen LogP contribution is 2.46. The summed E-state index contributed by atoms with van der Waals surface area (Å²) in [5.41, 5.74) is 9.33. The first-order valence-electron chi connectivity index (χ1n) is 10.8. The number of thiophene rings is 1. The van der Waals surface area contributed by atoms with E-state index in [1.54, 1.807) is 23.5 Å². The molecule has 170 valence electrons. The molecule has 0 radical (unpaired) electrons. The molecule has 0 unspecified atom stereocenters. The minimum absolute atomic E-state index is 0.0911. The molecule has 0 aliphatic carbocycles. The number of rotatable bonds is 10. The summed E-state index contributed by atoms with van der Waals surface area (Å²) < 4.78 is 5.76. The summed E-state index contributed by atoms with van der Waals surface area (Å²) in [6.45, 7) is 0.706. The Kier molecular flexibility index (Phi) is 7.36. The molecule has 2 heterocycles. The third-order valence-corrected chi connectivity index (χ3v) is 7.48. The summed E-state index contributed by atoms with van der Waals surface area (Å²) in [5.74, 6) is -0.275. The molecule has 0 fully saturated rings. The van der Waals surface area contributed by atoms with Crippen molar-refractivity contribution in [3.63, 3.8) is 0 Å². The largest absolute Gasteiger partial charge is 0.469 e. The number of anilines is 2. The molecular weight excluding hydrogens is 454 g/mol. The van der Waals surface area contributed by atoms with E-state index in [0.29, 0.717) is 29.1 Å². The third kappa shape index (κ3) is 5.23. The number of aromatic nitrogens is 1. The lowest BCUT2D eigenvalue weighted by Crippen LogP contribution is -2.03. The summed E-state index contributed by atoms with van der Waals surface area (Å²) in [6.07, 6.45) is 2.99. The van der Waals surface area contributed by atoms with Crippen molar-refractivity contribution >= 4 is 55.3 Å². The predicted molar refractivity (Wildman–Crippen MR) is 136 cm³/mol. The highest BCUT2D eigenvalue weighted by atomic mass is 32.1. The minimum Gasteiger partial charge on any atom is -0.469 e. The van der Waals surface area contributed by atoms with Crippen LogP contribution in [0.1, 0.15) is 40.9 Å². The minimum atomic E-state index is -0.184. The van der Waals surface area contributed by atoms with Gasteiger partial charge in [-0.15, -0.1) is 22.7 Å². The van der Waals surface area contributed by atoms with E-state index in [1.165, 1.54) is 18.4 Å². The topological polar surface area (TPSA) is 94.3 Å². The van der Waals surface area contributed by atoms with E-state index in [4.69, 9.17) is 10.7 Å². The number of carbonyl (C=O) groups excluding carboxylic acids is 2. The number of nitrogen functional groups attached to an aromatic ring is 1. The second kappa shape index (κ2) is 10.6. The fourth-order valence-corrected chi connectivity index (χ4v) is 5.73. The van der Waals surface area contributed by atoms with Crippen LogP contribution in [0.2, 0.25) is 0 Å². The zero-order chi connectivity index (χ0) is 23.2. The second-order valence-electron chi connectivity index (χ2n) is 7.54. The number of hydrogen-bond donors (Lipinski definition) is 2. The Bertz CT molecular complexity index is 1230. The van der Waals surface area contributed by atoms with E-state index in [0.717, 1.165) is 45.1 Å². The average molecular weight is 480 g/mol. The van der Waals surface area contributed by atoms with E-state index < -0.39 is 0 Å². The number of thiazole rings is 1. The number of unbranched alkanes of at least 4 members (excludes halogenated alkanes) is 2. The Morgan fingerprint density at radius 2 is 1.76 bits per heavy atom. The second-order valence-corrected chi connectivity index (χ2v) is 9.60. The van der Waals surface area contributed by atoms with Crippen molar-refractivity contribution in [1.82, 2.24) is 4.98 Å². The molecule has 2 aromatic heterocycles.